The normalized spacial score (nSPS) is 22.8. The molecular formula is C13H20ClNO. The van der Waals surface area contributed by atoms with E-state index in [-0.39, 0.29) is 23.3 Å². The molecule has 1 unspecified atom stereocenters. The first kappa shape index (κ1) is 13.5. The van der Waals surface area contributed by atoms with Crippen molar-refractivity contribution in [1.82, 2.24) is 5.32 Å². The number of carbonyl (C=O) groups excluding carboxylic acids is 1. The Kier molecular flexibility index (Phi) is 4.34. The Morgan fingerprint density at radius 3 is 2.69 bits per heavy atom. The summed E-state index contributed by atoms with van der Waals surface area (Å²) in [6.45, 7) is 8.08. The van der Waals surface area contributed by atoms with Crippen molar-refractivity contribution < 1.29 is 4.79 Å². The molecule has 0 aromatic carbocycles. The van der Waals surface area contributed by atoms with Crippen LogP contribution in [0.2, 0.25) is 0 Å². The third-order valence-electron chi connectivity index (χ3n) is 2.48. The molecule has 2 nitrogen and oxygen atoms in total. The minimum absolute atomic E-state index is 0.0485. The van der Waals surface area contributed by atoms with Gasteiger partial charge in [0.05, 0.1) is 6.04 Å². The monoisotopic (exact) mass is 241 g/mol. The van der Waals surface area contributed by atoms with Crippen LogP contribution in [0, 0.1) is 5.92 Å². The van der Waals surface area contributed by atoms with Gasteiger partial charge in [-0.05, 0) is 40.2 Å². The standard InChI is InChI=1S/C13H20ClNO/c1-9(15-13(2,3)4)12(16)10-6-5-7-11(14)8-10/h5-7,9-10,15H,8H2,1-4H3/t9-,10?/m1/s1. The van der Waals surface area contributed by atoms with Crippen molar-refractivity contribution in [3.05, 3.63) is 23.3 Å². The highest BCUT2D eigenvalue weighted by Crippen LogP contribution is 2.23. The largest absolute Gasteiger partial charge is 0.303 e. The van der Waals surface area contributed by atoms with E-state index in [9.17, 15) is 4.79 Å². The maximum atomic E-state index is 12.1. The van der Waals surface area contributed by atoms with E-state index >= 15 is 0 Å². The smallest absolute Gasteiger partial charge is 0.156 e. The van der Waals surface area contributed by atoms with Gasteiger partial charge in [0.15, 0.2) is 5.78 Å². The highest BCUT2D eigenvalue weighted by atomic mass is 35.5. The van der Waals surface area contributed by atoms with Gasteiger partial charge in [-0.1, -0.05) is 23.8 Å². The average Bonchev–Trinajstić information content (AvgIpc) is 2.14. The Morgan fingerprint density at radius 2 is 2.19 bits per heavy atom. The molecule has 0 radical (unpaired) electrons. The summed E-state index contributed by atoms with van der Waals surface area (Å²) in [5, 5.41) is 4.04. The number of rotatable bonds is 3. The second-order valence-electron chi connectivity index (χ2n) is 5.33. The second-order valence-corrected chi connectivity index (χ2v) is 5.81. The molecule has 0 bridgehead atoms. The second kappa shape index (κ2) is 5.15. The lowest BCUT2D eigenvalue weighted by Gasteiger charge is -2.27. The van der Waals surface area contributed by atoms with Gasteiger partial charge in [0.25, 0.3) is 0 Å². The lowest BCUT2D eigenvalue weighted by Crippen LogP contribution is -2.47. The summed E-state index contributed by atoms with van der Waals surface area (Å²) in [5.41, 5.74) is -0.0485. The summed E-state index contributed by atoms with van der Waals surface area (Å²) in [5.74, 6) is 0.125. The first-order valence-corrected chi connectivity index (χ1v) is 6.01. The molecule has 90 valence electrons. The molecule has 16 heavy (non-hydrogen) atoms. The number of allylic oxidation sites excluding steroid dienone is 4. The minimum atomic E-state index is -0.141. The summed E-state index contributed by atoms with van der Waals surface area (Å²) in [7, 11) is 0. The van der Waals surface area contributed by atoms with Crippen LogP contribution in [0.3, 0.4) is 0 Å². The van der Waals surface area contributed by atoms with Crippen molar-refractivity contribution in [1.29, 1.82) is 0 Å². The van der Waals surface area contributed by atoms with Crippen molar-refractivity contribution >= 4 is 17.4 Å². The molecule has 1 aliphatic carbocycles. The minimum Gasteiger partial charge on any atom is -0.303 e. The Labute approximate surface area is 103 Å². The third kappa shape index (κ3) is 4.11. The van der Waals surface area contributed by atoms with E-state index in [1.54, 1.807) is 0 Å². The number of nitrogens with one attached hydrogen (secondary N) is 1. The summed E-state index contributed by atoms with van der Waals surface area (Å²) in [4.78, 5) is 12.1. The van der Waals surface area contributed by atoms with Gasteiger partial charge in [0, 0.05) is 16.5 Å². The predicted molar refractivity (Wildman–Crippen MR) is 68.5 cm³/mol. The fraction of sp³-hybridized carbons (Fsp3) is 0.615. The van der Waals surface area contributed by atoms with Crippen molar-refractivity contribution in [2.75, 3.05) is 0 Å². The molecule has 0 amide bonds. The van der Waals surface area contributed by atoms with Gasteiger partial charge < -0.3 is 5.32 Å². The molecule has 0 spiro atoms. The van der Waals surface area contributed by atoms with E-state index in [1.165, 1.54) is 0 Å². The third-order valence-corrected chi connectivity index (χ3v) is 2.76. The highest BCUT2D eigenvalue weighted by Gasteiger charge is 2.26. The lowest BCUT2D eigenvalue weighted by atomic mass is 9.91. The van der Waals surface area contributed by atoms with Gasteiger partial charge in [-0.2, -0.15) is 0 Å². The molecule has 0 fully saturated rings. The van der Waals surface area contributed by atoms with E-state index < -0.39 is 0 Å². The molecule has 0 saturated heterocycles. The van der Waals surface area contributed by atoms with Gasteiger partial charge in [-0.25, -0.2) is 0 Å². The molecule has 0 aromatic rings. The van der Waals surface area contributed by atoms with Crippen molar-refractivity contribution in [2.24, 2.45) is 5.92 Å². The molecule has 1 rings (SSSR count). The van der Waals surface area contributed by atoms with Crippen molar-refractivity contribution in [3.8, 4) is 0 Å². The summed E-state index contributed by atoms with van der Waals surface area (Å²) in [6.07, 6.45) is 6.26. The van der Waals surface area contributed by atoms with Crippen LogP contribution in [0.1, 0.15) is 34.1 Å². The van der Waals surface area contributed by atoms with Crippen LogP contribution in [0.5, 0.6) is 0 Å². The lowest BCUT2D eigenvalue weighted by molar-refractivity contribution is -0.123. The molecular weight excluding hydrogens is 222 g/mol. The van der Waals surface area contributed by atoms with Gasteiger partial charge in [0.1, 0.15) is 0 Å². The van der Waals surface area contributed by atoms with E-state index in [2.05, 4.69) is 26.1 Å². The van der Waals surface area contributed by atoms with Crippen LogP contribution in [-0.4, -0.2) is 17.4 Å². The van der Waals surface area contributed by atoms with Crippen LogP contribution in [-0.2, 0) is 4.79 Å². The molecule has 1 aliphatic rings. The van der Waals surface area contributed by atoms with Crippen molar-refractivity contribution in [3.63, 3.8) is 0 Å². The quantitative estimate of drug-likeness (QED) is 0.823. The fourth-order valence-electron chi connectivity index (χ4n) is 1.88. The molecule has 3 heteroatoms. The number of carbonyl (C=O) groups is 1. The van der Waals surface area contributed by atoms with E-state index in [4.69, 9.17) is 11.6 Å². The molecule has 0 aromatic heterocycles. The van der Waals surface area contributed by atoms with Crippen LogP contribution >= 0.6 is 11.6 Å². The Bertz CT molecular complexity index is 325. The zero-order valence-electron chi connectivity index (χ0n) is 10.4. The first-order chi connectivity index (χ1) is 7.29. The average molecular weight is 242 g/mol. The molecule has 0 saturated carbocycles. The number of hydrogen-bond acceptors (Lipinski definition) is 2. The first-order valence-electron chi connectivity index (χ1n) is 5.64. The Balaban J connectivity index is 2.59. The van der Waals surface area contributed by atoms with Gasteiger partial charge >= 0.3 is 0 Å². The summed E-state index contributed by atoms with van der Waals surface area (Å²) in [6, 6.07) is -0.141. The molecule has 0 aliphatic heterocycles. The van der Waals surface area contributed by atoms with Gasteiger partial charge in [-0.3, -0.25) is 4.79 Å². The maximum absolute atomic E-state index is 12.1. The SMILES string of the molecule is C[C@@H](NC(C)(C)C)C(=O)C1C=CC=C(Cl)C1. The predicted octanol–water partition coefficient (Wildman–Crippen LogP) is 3.03. The van der Waals surface area contributed by atoms with E-state index in [0.29, 0.717) is 6.42 Å². The van der Waals surface area contributed by atoms with E-state index in [1.807, 2.05) is 25.2 Å². The highest BCUT2D eigenvalue weighted by molar-refractivity contribution is 6.30. The van der Waals surface area contributed by atoms with Crippen LogP contribution in [0.4, 0.5) is 0 Å². The maximum Gasteiger partial charge on any atom is 0.156 e. The van der Waals surface area contributed by atoms with Crippen molar-refractivity contribution in [2.45, 2.75) is 45.7 Å². The summed E-state index contributed by atoms with van der Waals surface area (Å²) < 4.78 is 0. The Morgan fingerprint density at radius 1 is 1.56 bits per heavy atom. The number of hydrogen-bond donors (Lipinski definition) is 1. The van der Waals surface area contributed by atoms with Gasteiger partial charge in [-0.15, -0.1) is 0 Å². The van der Waals surface area contributed by atoms with Gasteiger partial charge in [0.2, 0.25) is 0 Å². The molecule has 0 heterocycles. The molecule has 2 atom stereocenters. The number of ketones is 1. The van der Waals surface area contributed by atoms with Crippen LogP contribution < -0.4 is 5.32 Å². The Hall–Kier alpha value is -0.600. The zero-order valence-corrected chi connectivity index (χ0v) is 11.1. The van der Waals surface area contributed by atoms with Crippen LogP contribution in [0.25, 0.3) is 0 Å². The molecule has 1 N–H and O–H groups in total. The zero-order chi connectivity index (χ0) is 12.3. The summed E-state index contributed by atoms with van der Waals surface area (Å²) >= 11 is 5.93. The topological polar surface area (TPSA) is 29.1 Å². The fourth-order valence-corrected chi connectivity index (χ4v) is 2.12. The number of Topliss-reactive ketones (excluding diaryl/α,β-unsaturated/α-hetero) is 1. The number of halogens is 1. The van der Waals surface area contributed by atoms with E-state index in [0.717, 1.165) is 5.03 Å². The van der Waals surface area contributed by atoms with Crippen LogP contribution in [0.15, 0.2) is 23.3 Å².